The molecule has 3 rings (SSSR count). The number of carboxylic acids is 1. The second kappa shape index (κ2) is 7.84. The van der Waals surface area contributed by atoms with Crippen molar-refractivity contribution in [3.05, 3.63) is 82.3 Å². The zero-order valence-corrected chi connectivity index (χ0v) is 14.4. The van der Waals surface area contributed by atoms with E-state index in [-0.39, 0.29) is 16.1 Å². The smallest absolute Gasteiger partial charge is 0.337 e. The number of halogens is 2. The molecule has 0 unspecified atom stereocenters. The van der Waals surface area contributed by atoms with Gasteiger partial charge >= 0.3 is 5.97 Å². The highest BCUT2D eigenvalue weighted by molar-refractivity contribution is 6.33. The molecule has 0 aliphatic carbocycles. The Morgan fingerprint density at radius 2 is 1.85 bits per heavy atom. The SMILES string of the molecule is O=C(NN=Cc1ccc(-c2ccc(Cl)c(C(=O)O)c2)o1)c1ccc(F)cc1. The normalized spacial score (nSPS) is 10.9. The van der Waals surface area contributed by atoms with Gasteiger partial charge in [-0.25, -0.2) is 14.6 Å². The molecule has 2 N–H and O–H groups in total. The second-order valence-corrected chi connectivity index (χ2v) is 5.82. The number of nitrogens with one attached hydrogen (secondary N) is 1. The van der Waals surface area contributed by atoms with Gasteiger partial charge in [-0.05, 0) is 54.6 Å². The first-order valence-electron chi connectivity index (χ1n) is 7.66. The third-order valence-corrected chi connectivity index (χ3v) is 3.90. The fourth-order valence-electron chi connectivity index (χ4n) is 2.24. The maximum Gasteiger partial charge on any atom is 0.337 e. The standard InChI is InChI=1S/C19H12ClFN2O4/c20-16-7-3-12(9-15(16)19(25)26)17-8-6-14(27-17)10-22-23-18(24)11-1-4-13(21)5-2-11/h1-10H,(H,23,24)(H,25,26). The molecule has 0 spiro atoms. The third kappa shape index (κ3) is 4.39. The molecule has 0 saturated heterocycles. The van der Waals surface area contributed by atoms with E-state index >= 15 is 0 Å². The van der Waals surface area contributed by atoms with Crippen molar-refractivity contribution in [2.45, 2.75) is 0 Å². The monoisotopic (exact) mass is 386 g/mol. The maximum atomic E-state index is 12.8. The van der Waals surface area contributed by atoms with Crippen LogP contribution in [0.5, 0.6) is 0 Å². The minimum absolute atomic E-state index is 0.0349. The van der Waals surface area contributed by atoms with Gasteiger partial charge in [-0.2, -0.15) is 5.10 Å². The van der Waals surface area contributed by atoms with Crippen molar-refractivity contribution in [2.75, 3.05) is 0 Å². The molecular formula is C19H12ClFN2O4. The van der Waals surface area contributed by atoms with E-state index in [2.05, 4.69) is 10.5 Å². The van der Waals surface area contributed by atoms with E-state index in [1.807, 2.05) is 0 Å². The number of carbonyl (C=O) groups excluding carboxylic acids is 1. The maximum absolute atomic E-state index is 12.8. The summed E-state index contributed by atoms with van der Waals surface area (Å²) < 4.78 is 18.4. The molecule has 8 heteroatoms. The Labute approximate surface area is 157 Å². The van der Waals surface area contributed by atoms with E-state index in [0.29, 0.717) is 17.1 Å². The van der Waals surface area contributed by atoms with Gasteiger partial charge in [0.05, 0.1) is 16.8 Å². The van der Waals surface area contributed by atoms with Gasteiger partial charge in [-0.1, -0.05) is 11.6 Å². The number of furan rings is 1. The number of aromatic carboxylic acids is 1. The highest BCUT2D eigenvalue weighted by atomic mass is 35.5. The van der Waals surface area contributed by atoms with Crippen LogP contribution >= 0.6 is 11.6 Å². The summed E-state index contributed by atoms with van der Waals surface area (Å²) in [5.74, 6) is -1.32. The fourth-order valence-corrected chi connectivity index (χ4v) is 2.44. The average Bonchev–Trinajstić information content (AvgIpc) is 3.11. The van der Waals surface area contributed by atoms with E-state index in [4.69, 9.17) is 21.1 Å². The van der Waals surface area contributed by atoms with Gasteiger partial charge in [0.1, 0.15) is 17.3 Å². The second-order valence-electron chi connectivity index (χ2n) is 5.41. The molecule has 1 heterocycles. The van der Waals surface area contributed by atoms with Crippen molar-refractivity contribution in [1.82, 2.24) is 5.43 Å². The van der Waals surface area contributed by atoms with Crippen molar-refractivity contribution < 1.29 is 23.5 Å². The molecule has 0 aliphatic heterocycles. The van der Waals surface area contributed by atoms with Gasteiger partial charge < -0.3 is 9.52 Å². The lowest BCUT2D eigenvalue weighted by atomic mass is 10.1. The number of nitrogens with zero attached hydrogens (tertiary/aromatic N) is 1. The summed E-state index contributed by atoms with van der Waals surface area (Å²) >= 11 is 5.85. The molecule has 2 aromatic carbocycles. The van der Waals surface area contributed by atoms with Crippen molar-refractivity contribution >= 4 is 29.7 Å². The molecule has 0 bridgehead atoms. The first-order valence-corrected chi connectivity index (χ1v) is 8.04. The summed E-state index contributed by atoms with van der Waals surface area (Å²) in [6.45, 7) is 0. The van der Waals surface area contributed by atoms with E-state index in [1.165, 1.54) is 42.6 Å². The summed E-state index contributed by atoms with van der Waals surface area (Å²) in [5.41, 5.74) is 3.06. The molecular weight excluding hydrogens is 375 g/mol. The Morgan fingerprint density at radius 1 is 1.11 bits per heavy atom. The van der Waals surface area contributed by atoms with E-state index < -0.39 is 17.7 Å². The predicted molar refractivity (Wildman–Crippen MR) is 97.6 cm³/mol. The van der Waals surface area contributed by atoms with Gasteiger partial charge in [-0.15, -0.1) is 0 Å². The van der Waals surface area contributed by atoms with Gasteiger partial charge in [-0.3, -0.25) is 4.79 Å². The van der Waals surface area contributed by atoms with Crippen LogP contribution in [-0.2, 0) is 0 Å². The zero-order valence-electron chi connectivity index (χ0n) is 13.6. The largest absolute Gasteiger partial charge is 0.478 e. The molecule has 6 nitrogen and oxygen atoms in total. The number of rotatable bonds is 5. The number of carboxylic acid groups (broad SMARTS) is 1. The molecule has 1 amide bonds. The first kappa shape index (κ1) is 18.3. The molecule has 0 aliphatic rings. The van der Waals surface area contributed by atoms with E-state index in [1.54, 1.807) is 18.2 Å². The number of benzene rings is 2. The van der Waals surface area contributed by atoms with Gasteiger partial charge in [0, 0.05) is 11.1 Å². The minimum atomic E-state index is -1.14. The van der Waals surface area contributed by atoms with Crippen molar-refractivity contribution in [1.29, 1.82) is 0 Å². The lowest BCUT2D eigenvalue weighted by Gasteiger charge is -2.02. The first-order chi connectivity index (χ1) is 12.9. The molecule has 27 heavy (non-hydrogen) atoms. The topological polar surface area (TPSA) is 91.9 Å². The Kier molecular flexibility index (Phi) is 5.33. The number of hydrazone groups is 1. The summed E-state index contributed by atoms with van der Waals surface area (Å²) in [6, 6.07) is 12.8. The molecule has 3 aromatic rings. The van der Waals surface area contributed by atoms with Crippen molar-refractivity contribution in [3.8, 4) is 11.3 Å². The highest BCUT2D eigenvalue weighted by Crippen LogP contribution is 2.26. The van der Waals surface area contributed by atoms with Crippen LogP contribution in [0, 0.1) is 5.82 Å². The Morgan fingerprint density at radius 3 is 2.56 bits per heavy atom. The molecule has 136 valence electrons. The van der Waals surface area contributed by atoms with Crippen LogP contribution in [-0.4, -0.2) is 23.2 Å². The number of carbonyl (C=O) groups is 2. The van der Waals surface area contributed by atoms with Crippen LogP contribution in [0.15, 0.2) is 64.1 Å². The Hall–Kier alpha value is -3.45. The lowest BCUT2D eigenvalue weighted by molar-refractivity contribution is 0.0697. The number of hydrogen-bond donors (Lipinski definition) is 2. The molecule has 0 fully saturated rings. The molecule has 1 aromatic heterocycles. The van der Waals surface area contributed by atoms with Gasteiger partial charge in [0.25, 0.3) is 5.91 Å². The van der Waals surface area contributed by atoms with Crippen molar-refractivity contribution in [3.63, 3.8) is 0 Å². The number of amides is 1. The molecule has 0 radical (unpaired) electrons. The van der Waals surface area contributed by atoms with Gasteiger partial charge in [0.2, 0.25) is 0 Å². The van der Waals surface area contributed by atoms with Crippen molar-refractivity contribution in [2.24, 2.45) is 5.10 Å². The predicted octanol–water partition coefficient (Wildman–Crippen LogP) is 4.20. The molecule has 0 saturated carbocycles. The number of hydrogen-bond acceptors (Lipinski definition) is 4. The fraction of sp³-hybridized carbons (Fsp3) is 0. The average molecular weight is 387 g/mol. The zero-order chi connectivity index (χ0) is 19.4. The summed E-state index contributed by atoms with van der Waals surface area (Å²) in [7, 11) is 0. The summed E-state index contributed by atoms with van der Waals surface area (Å²) in [5, 5.41) is 13.0. The van der Waals surface area contributed by atoms with Gasteiger partial charge in [0.15, 0.2) is 0 Å². The van der Waals surface area contributed by atoms with Crippen LogP contribution in [0.3, 0.4) is 0 Å². The van der Waals surface area contributed by atoms with Crippen LogP contribution in [0.2, 0.25) is 5.02 Å². The third-order valence-electron chi connectivity index (χ3n) is 3.57. The van der Waals surface area contributed by atoms with E-state index in [0.717, 1.165) is 0 Å². The quantitative estimate of drug-likeness (QED) is 0.507. The van der Waals surface area contributed by atoms with E-state index in [9.17, 15) is 14.0 Å². The van der Waals surface area contributed by atoms with Crippen LogP contribution in [0.25, 0.3) is 11.3 Å². The minimum Gasteiger partial charge on any atom is -0.478 e. The Balaban J connectivity index is 1.70. The van der Waals surface area contributed by atoms with Crippen LogP contribution in [0.1, 0.15) is 26.5 Å². The van der Waals surface area contributed by atoms with Crippen LogP contribution < -0.4 is 5.43 Å². The summed E-state index contributed by atoms with van der Waals surface area (Å²) in [6.07, 6.45) is 1.29. The highest BCUT2D eigenvalue weighted by Gasteiger charge is 2.12. The summed E-state index contributed by atoms with van der Waals surface area (Å²) in [4.78, 5) is 23.0. The Bertz CT molecular complexity index is 1030. The lowest BCUT2D eigenvalue weighted by Crippen LogP contribution is -2.17. The molecule has 0 atom stereocenters. The van der Waals surface area contributed by atoms with Crippen LogP contribution in [0.4, 0.5) is 4.39 Å².